The number of benzene rings is 2. The van der Waals surface area contributed by atoms with Crippen molar-refractivity contribution >= 4 is 10.8 Å². The molecule has 2 aromatic carbocycles. The third-order valence-electron chi connectivity index (χ3n) is 9.15. The Balaban J connectivity index is 1.56. The smallest absolute Gasteiger partial charge is 0.00524 e. The van der Waals surface area contributed by atoms with Gasteiger partial charge >= 0.3 is 0 Å². The Labute approximate surface area is 158 Å². The minimum atomic E-state index is 0.838. The molecule has 0 aliphatic heterocycles. The first-order valence-electron chi connectivity index (χ1n) is 11.2. The van der Waals surface area contributed by atoms with Crippen LogP contribution in [0.5, 0.6) is 0 Å². The summed E-state index contributed by atoms with van der Waals surface area (Å²) in [6.45, 7) is 9.53. The van der Waals surface area contributed by atoms with Gasteiger partial charge in [-0.3, -0.25) is 0 Å². The Morgan fingerprint density at radius 2 is 1.23 bits per heavy atom. The Bertz CT molecular complexity index is 837. The molecule has 0 aromatic heterocycles. The predicted molar refractivity (Wildman–Crippen MR) is 110 cm³/mol. The number of hydrogen-bond donors (Lipinski definition) is 0. The van der Waals surface area contributed by atoms with Crippen molar-refractivity contribution in [2.24, 2.45) is 35.5 Å². The molecule has 0 heteroatoms. The zero-order chi connectivity index (χ0) is 17.7. The van der Waals surface area contributed by atoms with Crippen molar-refractivity contribution in [3.63, 3.8) is 0 Å². The van der Waals surface area contributed by atoms with Gasteiger partial charge in [-0.1, -0.05) is 62.1 Å². The summed E-state index contributed by atoms with van der Waals surface area (Å²) in [5.41, 5.74) is 6.41. The summed E-state index contributed by atoms with van der Waals surface area (Å²) in [4.78, 5) is 0. The molecule has 0 heterocycles. The van der Waals surface area contributed by atoms with Crippen LogP contribution < -0.4 is 0 Å². The molecule has 2 aromatic rings. The molecule has 0 amide bonds. The zero-order valence-electron chi connectivity index (χ0n) is 16.8. The van der Waals surface area contributed by atoms with Gasteiger partial charge in [0.05, 0.1) is 0 Å². The van der Waals surface area contributed by atoms with E-state index in [1.165, 1.54) is 42.2 Å². The largest absolute Gasteiger partial charge is 0.0651 e. The molecule has 4 aliphatic rings. The van der Waals surface area contributed by atoms with Crippen LogP contribution in [0.4, 0.5) is 0 Å². The van der Waals surface area contributed by atoms with Crippen LogP contribution in [-0.4, -0.2) is 0 Å². The fourth-order valence-electron chi connectivity index (χ4n) is 8.68. The third-order valence-corrected chi connectivity index (χ3v) is 9.15. The Hall–Kier alpha value is -1.30. The third kappa shape index (κ3) is 1.73. The van der Waals surface area contributed by atoms with Gasteiger partial charge in [0.15, 0.2) is 0 Å². The van der Waals surface area contributed by atoms with E-state index in [1.807, 2.05) is 0 Å². The molecule has 3 saturated carbocycles. The molecule has 4 aliphatic carbocycles. The second kappa shape index (κ2) is 5.15. The molecule has 3 fully saturated rings. The van der Waals surface area contributed by atoms with Crippen LogP contribution in [-0.2, 0) is 0 Å². The topological polar surface area (TPSA) is 0 Å². The second-order valence-corrected chi connectivity index (χ2v) is 10.1. The number of fused-ring (bicyclic) bond motifs is 10. The van der Waals surface area contributed by atoms with Crippen molar-refractivity contribution in [3.8, 4) is 0 Å². The van der Waals surface area contributed by atoms with Crippen LogP contribution in [0.1, 0.15) is 73.6 Å². The predicted octanol–water partition coefficient (Wildman–Crippen LogP) is 6.98. The van der Waals surface area contributed by atoms with Crippen LogP contribution >= 0.6 is 0 Å². The van der Waals surface area contributed by atoms with E-state index in [9.17, 15) is 0 Å². The van der Waals surface area contributed by atoms with E-state index in [0.717, 1.165) is 47.3 Å². The van der Waals surface area contributed by atoms with Crippen molar-refractivity contribution in [1.29, 1.82) is 0 Å². The van der Waals surface area contributed by atoms with Gasteiger partial charge in [0, 0.05) is 0 Å². The summed E-state index contributed by atoms with van der Waals surface area (Å²) in [5, 5.41) is 3.18. The van der Waals surface area contributed by atoms with Gasteiger partial charge in [-0.25, -0.2) is 0 Å². The SMILES string of the molecule is CCC1CC(CC)C2C3CC(C4c5cc(C)cc6cc(C)cc(c56)C34)C12. The summed E-state index contributed by atoms with van der Waals surface area (Å²) in [6, 6.07) is 10.00. The van der Waals surface area contributed by atoms with E-state index < -0.39 is 0 Å². The average molecular weight is 345 g/mol. The van der Waals surface area contributed by atoms with Gasteiger partial charge in [-0.05, 0) is 95.9 Å². The first-order valence-corrected chi connectivity index (χ1v) is 11.2. The van der Waals surface area contributed by atoms with Gasteiger partial charge < -0.3 is 0 Å². The van der Waals surface area contributed by atoms with Crippen LogP contribution in [0.25, 0.3) is 10.8 Å². The van der Waals surface area contributed by atoms with Crippen molar-refractivity contribution in [2.75, 3.05) is 0 Å². The summed E-state index contributed by atoms with van der Waals surface area (Å²) >= 11 is 0. The van der Waals surface area contributed by atoms with Crippen LogP contribution in [0.3, 0.4) is 0 Å². The van der Waals surface area contributed by atoms with E-state index in [1.54, 1.807) is 16.5 Å². The second-order valence-electron chi connectivity index (χ2n) is 10.1. The normalized spacial score (nSPS) is 41.8. The highest BCUT2D eigenvalue weighted by molar-refractivity contribution is 5.94. The lowest BCUT2D eigenvalue weighted by atomic mass is 9.65. The van der Waals surface area contributed by atoms with Crippen molar-refractivity contribution in [3.05, 3.63) is 46.5 Å². The quantitative estimate of drug-likeness (QED) is 0.551. The highest BCUT2D eigenvalue weighted by Gasteiger charge is 2.65. The highest BCUT2D eigenvalue weighted by Crippen LogP contribution is 2.74. The maximum Gasteiger partial charge on any atom is -0.00524 e. The van der Waals surface area contributed by atoms with E-state index in [2.05, 4.69) is 52.0 Å². The first-order chi connectivity index (χ1) is 12.6. The van der Waals surface area contributed by atoms with Gasteiger partial charge in [-0.2, -0.15) is 0 Å². The Morgan fingerprint density at radius 3 is 1.69 bits per heavy atom. The summed E-state index contributed by atoms with van der Waals surface area (Å²) in [6.07, 6.45) is 5.88. The number of rotatable bonds is 2. The molecule has 8 unspecified atom stereocenters. The standard InChI is InChI=1S/C26H32/c1-5-15-11-16(6-2)24-21-12-20(23(15)24)25-18-9-13(3)7-17-8-14(4)10-19(22(17)18)26(21)25/h7-10,15-16,20-21,23-26H,5-6,11-12H2,1-4H3. The number of hydrogen-bond acceptors (Lipinski definition) is 0. The molecule has 0 radical (unpaired) electrons. The van der Waals surface area contributed by atoms with Crippen molar-refractivity contribution in [2.45, 2.75) is 65.2 Å². The van der Waals surface area contributed by atoms with E-state index in [0.29, 0.717) is 0 Å². The zero-order valence-corrected chi connectivity index (χ0v) is 16.8. The van der Waals surface area contributed by atoms with Crippen LogP contribution in [0, 0.1) is 49.4 Å². The maximum atomic E-state index is 2.56. The highest BCUT2D eigenvalue weighted by atomic mass is 14.7. The monoisotopic (exact) mass is 344 g/mol. The van der Waals surface area contributed by atoms with Gasteiger partial charge in [0.1, 0.15) is 0 Å². The minimum absolute atomic E-state index is 0.838. The van der Waals surface area contributed by atoms with Crippen molar-refractivity contribution < 1.29 is 0 Å². The van der Waals surface area contributed by atoms with Gasteiger partial charge in [0.2, 0.25) is 0 Å². The summed E-state index contributed by atoms with van der Waals surface area (Å²) in [7, 11) is 0. The Morgan fingerprint density at radius 1 is 0.731 bits per heavy atom. The summed E-state index contributed by atoms with van der Waals surface area (Å²) < 4.78 is 0. The molecule has 0 N–H and O–H groups in total. The fraction of sp³-hybridized carbons (Fsp3) is 0.615. The molecule has 0 spiro atoms. The Kier molecular flexibility index (Phi) is 3.11. The fourth-order valence-corrected chi connectivity index (χ4v) is 8.68. The lowest BCUT2D eigenvalue weighted by Crippen LogP contribution is -2.32. The first kappa shape index (κ1) is 15.7. The molecule has 26 heavy (non-hydrogen) atoms. The maximum absolute atomic E-state index is 2.56. The lowest BCUT2D eigenvalue weighted by Gasteiger charge is -2.39. The molecule has 8 atom stereocenters. The molecule has 136 valence electrons. The molecular formula is C26H32. The number of aryl methyl sites for hydroxylation is 2. The van der Waals surface area contributed by atoms with Crippen LogP contribution in [0.15, 0.2) is 24.3 Å². The van der Waals surface area contributed by atoms with Crippen molar-refractivity contribution in [1.82, 2.24) is 0 Å². The van der Waals surface area contributed by atoms with Gasteiger partial charge in [0.25, 0.3) is 0 Å². The molecule has 0 nitrogen and oxygen atoms in total. The summed E-state index contributed by atoms with van der Waals surface area (Å²) in [5.74, 6) is 7.68. The van der Waals surface area contributed by atoms with E-state index >= 15 is 0 Å². The lowest BCUT2D eigenvalue weighted by molar-refractivity contribution is 0.149. The molecule has 0 saturated heterocycles. The minimum Gasteiger partial charge on any atom is -0.0651 e. The van der Waals surface area contributed by atoms with Gasteiger partial charge in [-0.15, -0.1) is 0 Å². The molecular weight excluding hydrogens is 312 g/mol. The molecule has 2 bridgehead atoms. The van der Waals surface area contributed by atoms with Crippen LogP contribution in [0.2, 0.25) is 0 Å². The average Bonchev–Trinajstić information content (AvgIpc) is 3.32. The molecule has 6 rings (SSSR count). The van der Waals surface area contributed by atoms with E-state index in [4.69, 9.17) is 0 Å². The van der Waals surface area contributed by atoms with E-state index in [-0.39, 0.29) is 0 Å².